The molecule has 4 rings (SSSR count). The molecule has 278 valence electrons. The number of ether oxygens (including phenoxy) is 5. The van der Waals surface area contributed by atoms with Gasteiger partial charge in [0.2, 0.25) is 0 Å². The number of esters is 5. The molecule has 1 saturated carbocycles. The van der Waals surface area contributed by atoms with Gasteiger partial charge in [0.15, 0.2) is 11.4 Å². The van der Waals surface area contributed by atoms with Crippen LogP contribution in [-0.4, -0.2) is 81.3 Å². The number of aliphatic hydroxyl groups is 1. The molecule has 0 spiro atoms. The molecule has 8 atom stereocenters. The maximum Gasteiger partial charge on any atom is 0.340 e. The fourth-order valence-corrected chi connectivity index (χ4v) is 7.13. The molecule has 0 amide bonds. The summed E-state index contributed by atoms with van der Waals surface area (Å²) in [5.41, 5.74) is -5.12. The van der Waals surface area contributed by atoms with E-state index < -0.39 is 94.9 Å². The molecule has 1 heterocycles. The van der Waals surface area contributed by atoms with Crippen LogP contribution in [-0.2, 0) is 42.9 Å². The number of nitrogens with zero attached hydrogens (tertiary/aromatic N) is 1. The normalized spacial score (nSPS) is 30.1. The first-order chi connectivity index (χ1) is 24.3. The quantitative estimate of drug-likeness (QED) is 0.240. The molecular weight excluding hydrogens is 674 g/mol. The van der Waals surface area contributed by atoms with Gasteiger partial charge in [-0.05, 0) is 36.8 Å². The van der Waals surface area contributed by atoms with Gasteiger partial charge in [-0.25, -0.2) is 9.59 Å². The Morgan fingerprint density at radius 1 is 0.827 bits per heavy atom. The first-order valence-electron chi connectivity index (χ1n) is 16.8. The second kappa shape index (κ2) is 15.6. The third kappa shape index (κ3) is 8.64. The number of carbonyl (C=O) groups is 6. The Morgan fingerprint density at radius 3 is 2.00 bits per heavy atom. The minimum atomic E-state index is -2.23. The summed E-state index contributed by atoms with van der Waals surface area (Å²) < 4.78 is 29.5. The number of fused-ring (bicyclic) bond motifs is 1. The van der Waals surface area contributed by atoms with Crippen molar-refractivity contribution >= 4 is 35.6 Å². The first kappa shape index (κ1) is 39.6. The van der Waals surface area contributed by atoms with E-state index in [1.807, 2.05) is 0 Å². The highest BCUT2D eigenvalue weighted by Gasteiger charge is 2.70. The highest BCUT2D eigenvalue weighted by Crippen LogP contribution is 2.52. The molecule has 2 aliphatic carbocycles. The van der Waals surface area contributed by atoms with Crippen molar-refractivity contribution in [3.63, 3.8) is 0 Å². The third-order valence-electron chi connectivity index (χ3n) is 9.32. The van der Waals surface area contributed by atoms with Crippen LogP contribution in [0.3, 0.4) is 0 Å². The van der Waals surface area contributed by atoms with Crippen LogP contribution >= 0.6 is 0 Å². The molecule has 0 aliphatic heterocycles. The zero-order chi connectivity index (χ0) is 38.6. The predicted octanol–water partition coefficient (Wildman–Crippen LogP) is 4.52. The fourth-order valence-electron chi connectivity index (χ4n) is 7.13. The lowest BCUT2D eigenvalue weighted by Gasteiger charge is -2.42. The molecule has 0 saturated heterocycles. The van der Waals surface area contributed by atoms with E-state index in [1.54, 1.807) is 44.2 Å². The van der Waals surface area contributed by atoms with Gasteiger partial charge in [-0.3, -0.25) is 24.2 Å². The van der Waals surface area contributed by atoms with E-state index >= 15 is 0 Å². The second-order valence-electron chi connectivity index (χ2n) is 14.2. The van der Waals surface area contributed by atoms with E-state index in [2.05, 4.69) is 11.6 Å². The summed E-state index contributed by atoms with van der Waals surface area (Å²) >= 11 is 0. The predicted molar refractivity (Wildman–Crippen MR) is 184 cm³/mol. The molecule has 0 radical (unpaired) electrons. The molecule has 1 aromatic heterocycles. The molecule has 2 aliphatic rings. The summed E-state index contributed by atoms with van der Waals surface area (Å²) in [5.74, 6) is -7.40. The number of hydrogen-bond acceptors (Lipinski definition) is 13. The Kier molecular flexibility index (Phi) is 11.9. The van der Waals surface area contributed by atoms with E-state index in [1.165, 1.54) is 57.4 Å². The standard InChI is InChI=1S/C39H45NO12/c1-22-16-17-37(6,7)33(50-36(46)28-15-12-18-40-20-28)29(48-24(3)41)19-23(2)31(49-25(4)42)30-34(51-35(45)27-13-10-9-11-14-27)38(8,47)21-39(30,32(22)44)52-26(5)43/h9-18,20,22,29-31,33-34,47H,2,19,21H2,1,3-8H3/t22-,29-,30-,31-,33-,34-,38-,39+/m1/s1. The molecule has 2 aromatic rings. The van der Waals surface area contributed by atoms with Gasteiger partial charge >= 0.3 is 29.8 Å². The number of carbonyl (C=O) groups excluding carboxylic acids is 6. The van der Waals surface area contributed by atoms with Crippen molar-refractivity contribution in [1.82, 2.24) is 4.98 Å². The van der Waals surface area contributed by atoms with Crippen molar-refractivity contribution in [2.75, 3.05) is 0 Å². The highest BCUT2D eigenvalue weighted by atomic mass is 16.6. The second-order valence-corrected chi connectivity index (χ2v) is 14.2. The maximum atomic E-state index is 14.8. The van der Waals surface area contributed by atoms with Crippen LogP contribution in [0.1, 0.15) is 82.0 Å². The van der Waals surface area contributed by atoms with Gasteiger partial charge in [0, 0.05) is 57.3 Å². The molecule has 1 fully saturated rings. The average molecular weight is 720 g/mol. The van der Waals surface area contributed by atoms with E-state index in [0.29, 0.717) is 0 Å². The molecule has 0 unspecified atom stereocenters. The molecule has 1 N–H and O–H groups in total. The van der Waals surface area contributed by atoms with Gasteiger partial charge in [0.05, 0.1) is 17.0 Å². The summed E-state index contributed by atoms with van der Waals surface area (Å²) in [6, 6.07) is 10.9. The Bertz CT molecular complexity index is 1730. The SMILES string of the molecule is C=C1C[C@@H](OC(C)=O)[C@@H](OC(=O)c2cccnc2)C(C)(C)C=C[C@@H](C)C(=O)[C@]2(OC(C)=O)C[C@@](C)(O)[C@H](OC(=O)c3ccccc3)[C@H]2[C@@H]1OC(C)=O. The summed E-state index contributed by atoms with van der Waals surface area (Å²) in [6.07, 6.45) is -0.598. The number of aromatic nitrogens is 1. The number of pyridine rings is 1. The van der Waals surface area contributed by atoms with Gasteiger partial charge in [-0.15, -0.1) is 0 Å². The summed E-state index contributed by atoms with van der Waals surface area (Å²) in [5, 5.41) is 12.0. The van der Waals surface area contributed by atoms with E-state index in [0.717, 1.165) is 13.8 Å². The van der Waals surface area contributed by atoms with Crippen molar-refractivity contribution in [3.05, 3.63) is 90.3 Å². The zero-order valence-corrected chi connectivity index (χ0v) is 30.3. The average Bonchev–Trinajstić information content (AvgIpc) is 3.29. The molecule has 52 heavy (non-hydrogen) atoms. The van der Waals surface area contributed by atoms with Crippen LogP contribution in [0.25, 0.3) is 0 Å². The summed E-state index contributed by atoms with van der Waals surface area (Å²) in [6.45, 7) is 13.8. The minimum absolute atomic E-state index is 0.0182. The smallest absolute Gasteiger partial charge is 0.340 e. The maximum absolute atomic E-state index is 14.8. The molecule has 1 aromatic carbocycles. The zero-order valence-electron chi connectivity index (χ0n) is 30.3. The topological polar surface area (TPSA) is 182 Å². The number of hydrogen-bond donors (Lipinski definition) is 1. The number of allylic oxidation sites excluding steroid dienone is 1. The Balaban J connectivity index is 1.97. The van der Waals surface area contributed by atoms with Crippen LogP contribution in [0.4, 0.5) is 0 Å². The minimum Gasteiger partial charge on any atom is -0.458 e. The van der Waals surface area contributed by atoms with Crippen molar-refractivity contribution in [1.29, 1.82) is 0 Å². The van der Waals surface area contributed by atoms with Gasteiger partial charge in [-0.2, -0.15) is 0 Å². The van der Waals surface area contributed by atoms with Gasteiger partial charge in [0.1, 0.15) is 30.0 Å². The van der Waals surface area contributed by atoms with Crippen molar-refractivity contribution in [3.8, 4) is 0 Å². The molecule has 13 heteroatoms. The fraction of sp³-hybridized carbons (Fsp3) is 0.462. The number of ketones is 1. The monoisotopic (exact) mass is 719 g/mol. The van der Waals surface area contributed by atoms with Crippen molar-refractivity contribution < 1.29 is 57.6 Å². The molecule has 0 bridgehead atoms. The van der Waals surface area contributed by atoms with Gasteiger partial charge < -0.3 is 28.8 Å². The van der Waals surface area contributed by atoms with Crippen molar-refractivity contribution in [2.45, 2.75) is 96.9 Å². The molecular formula is C39H45NO12. The van der Waals surface area contributed by atoms with E-state index in [4.69, 9.17) is 23.7 Å². The summed E-state index contributed by atoms with van der Waals surface area (Å²) in [4.78, 5) is 84.1. The lowest BCUT2D eigenvalue weighted by molar-refractivity contribution is -0.182. The highest BCUT2D eigenvalue weighted by molar-refractivity contribution is 5.94. The van der Waals surface area contributed by atoms with E-state index in [-0.39, 0.29) is 23.1 Å². The first-order valence-corrected chi connectivity index (χ1v) is 16.8. The van der Waals surface area contributed by atoms with Crippen molar-refractivity contribution in [2.24, 2.45) is 17.3 Å². The lowest BCUT2D eigenvalue weighted by atomic mass is 9.72. The van der Waals surface area contributed by atoms with Crippen LogP contribution in [0.2, 0.25) is 0 Å². The Morgan fingerprint density at radius 2 is 1.42 bits per heavy atom. The van der Waals surface area contributed by atoms with Crippen LogP contribution < -0.4 is 0 Å². The number of Topliss-reactive ketones (excluding diaryl/α,β-unsaturated/α-hetero) is 1. The van der Waals surface area contributed by atoms with Crippen LogP contribution in [0, 0.1) is 17.3 Å². The van der Waals surface area contributed by atoms with Crippen LogP contribution in [0.15, 0.2) is 79.2 Å². The van der Waals surface area contributed by atoms with Gasteiger partial charge in [0.25, 0.3) is 0 Å². The number of benzene rings is 1. The van der Waals surface area contributed by atoms with Gasteiger partial charge in [-0.1, -0.05) is 57.7 Å². The molecule has 13 nitrogen and oxygen atoms in total. The summed E-state index contributed by atoms with van der Waals surface area (Å²) in [7, 11) is 0. The third-order valence-corrected chi connectivity index (χ3v) is 9.32. The number of rotatable bonds is 7. The van der Waals surface area contributed by atoms with E-state index in [9.17, 15) is 33.9 Å². The Labute approximate surface area is 302 Å². The lowest BCUT2D eigenvalue weighted by Crippen LogP contribution is -2.56. The largest absolute Gasteiger partial charge is 0.458 e. The van der Waals surface area contributed by atoms with Crippen LogP contribution in [0.5, 0.6) is 0 Å². The Hall–Kier alpha value is -5.17.